The van der Waals surface area contributed by atoms with E-state index in [2.05, 4.69) is 242 Å². The Morgan fingerprint density at radius 1 is 0.286 bits per heavy atom. The van der Waals surface area contributed by atoms with Crippen LogP contribution < -0.4 is 4.90 Å². The van der Waals surface area contributed by atoms with Crippen LogP contribution in [0.4, 0.5) is 17.1 Å². The van der Waals surface area contributed by atoms with Gasteiger partial charge in [0, 0.05) is 33.6 Å². The first-order valence-electron chi connectivity index (χ1n) is 21.6. The summed E-state index contributed by atoms with van der Waals surface area (Å²) in [7, 11) is 0. The van der Waals surface area contributed by atoms with Crippen molar-refractivity contribution in [1.82, 2.24) is 0 Å². The largest absolute Gasteiger partial charge is 0.456 e. The lowest BCUT2D eigenvalue weighted by atomic mass is 9.97. The van der Waals surface area contributed by atoms with E-state index < -0.39 is 0 Å². The van der Waals surface area contributed by atoms with Crippen molar-refractivity contribution in [2.75, 3.05) is 4.90 Å². The first-order valence-corrected chi connectivity index (χ1v) is 21.6. The molecule has 0 saturated heterocycles. The highest BCUT2D eigenvalue weighted by Crippen LogP contribution is 2.39. The summed E-state index contributed by atoms with van der Waals surface area (Å²) < 4.78 is 6.31. The van der Waals surface area contributed by atoms with Crippen molar-refractivity contribution in [3.8, 4) is 67.0 Å². The smallest absolute Gasteiger partial charge is 0.138 e. The van der Waals surface area contributed by atoms with Gasteiger partial charge in [-0.3, -0.25) is 0 Å². The highest BCUT2D eigenvalue weighted by Gasteiger charge is 2.16. The number of nitrogens with zero attached hydrogens (tertiary/aromatic N) is 1. The minimum absolute atomic E-state index is 0.919. The van der Waals surface area contributed by atoms with Gasteiger partial charge in [-0.1, -0.05) is 182 Å². The van der Waals surface area contributed by atoms with Crippen molar-refractivity contribution in [3.63, 3.8) is 0 Å². The Hall–Kier alpha value is -8.20. The Kier molecular flexibility index (Phi) is 9.80. The summed E-state index contributed by atoms with van der Waals surface area (Å²) >= 11 is 0. The van der Waals surface area contributed by atoms with Gasteiger partial charge >= 0.3 is 0 Å². The van der Waals surface area contributed by atoms with Crippen LogP contribution in [-0.4, -0.2) is 0 Å². The molecular formula is C61H43NO. The van der Waals surface area contributed by atoms with Gasteiger partial charge in [-0.05, 0) is 134 Å². The SMILES string of the molecule is Cc1c(-c2cccc(-c3ccc(-c4ccc(N(c5ccc(-c6cccc(-c7ccccc7)c6)cc5)c5ccc(-c6ccc7ccccc7c6)cc5)cc4)cc3)c2)oc2ccccc12. The van der Waals surface area contributed by atoms with Gasteiger partial charge in [-0.2, -0.15) is 0 Å². The second kappa shape index (κ2) is 16.3. The molecule has 11 aromatic rings. The van der Waals surface area contributed by atoms with E-state index in [1.807, 2.05) is 12.1 Å². The zero-order valence-corrected chi connectivity index (χ0v) is 34.9. The molecule has 10 aromatic carbocycles. The fraction of sp³-hybridized carbons (Fsp3) is 0.0164. The van der Waals surface area contributed by atoms with Crippen LogP contribution in [0, 0.1) is 6.92 Å². The molecule has 63 heavy (non-hydrogen) atoms. The van der Waals surface area contributed by atoms with E-state index in [0.717, 1.165) is 50.5 Å². The quantitative estimate of drug-likeness (QED) is 0.144. The highest BCUT2D eigenvalue weighted by atomic mass is 16.3. The molecule has 0 N–H and O–H groups in total. The molecule has 0 spiro atoms. The van der Waals surface area contributed by atoms with Gasteiger partial charge in [0.05, 0.1) is 0 Å². The molecular weight excluding hydrogens is 763 g/mol. The van der Waals surface area contributed by atoms with Crippen LogP contribution in [-0.2, 0) is 0 Å². The van der Waals surface area contributed by atoms with E-state index in [9.17, 15) is 0 Å². The van der Waals surface area contributed by atoms with Crippen LogP contribution in [0.2, 0.25) is 0 Å². The minimum Gasteiger partial charge on any atom is -0.456 e. The second-order valence-electron chi connectivity index (χ2n) is 16.2. The third-order valence-electron chi connectivity index (χ3n) is 12.3. The molecule has 0 fully saturated rings. The molecule has 1 aromatic heterocycles. The van der Waals surface area contributed by atoms with Crippen LogP contribution in [0.1, 0.15) is 5.56 Å². The summed E-state index contributed by atoms with van der Waals surface area (Å²) in [6.07, 6.45) is 0. The predicted molar refractivity (Wildman–Crippen MR) is 266 cm³/mol. The molecule has 0 aliphatic heterocycles. The molecule has 298 valence electrons. The lowest BCUT2D eigenvalue weighted by molar-refractivity contribution is 0.629. The highest BCUT2D eigenvalue weighted by molar-refractivity contribution is 5.90. The predicted octanol–water partition coefficient (Wildman–Crippen LogP) is 17.4. The van der Waals surface area contributed by atoms with Crippen molar-refractivity contribution < 1.29 is 4.42 Å². The molecule has 0 saturated carbocycles. The maximum atomic E-state index is 6.31. The van der Waals surface area contributed by atoms with Crippen LogP contribution >= 0.6 is 0 Å². The van der Waals surface area contributed by atoms with E-state index >= 15 is 0 Å². The molecule has 1 heterocycles. The Labute approximate surface area is 368 Å². The molecule has 0 aliphatic carbocycles. The molecule has 0 amide bonds. The molecule has 2 heteroatoms. The number of anilines is 3. The van der Waals surface area contributed by atoms with E-state index in [-0.39, 0.29) is 0 Å². The summed E-state index contributed by atoms with van der Waals surface area (Å²) in [4.78, 5) is 2.35. The third kappa shape index (κ3) is 7.49. The number of rotatable bonds is 9. The molecule has 0 radical (unpaired) electrons. The van der Waals surface area contributed by atoms with E-state index in [1.54, 1.807) is 0 Å². The van der Waals surface area contributed by atoms with Crippen LogP contribution in [0.5, 0.6) is 0 Å². The van der Waals surface area contributed by atoms with E-state index in [0.29, 0.717) is 0 Å². The number of fused-ring (bicyclic) bond motifs is 2. The summed E-state index contributed by atoms with van der Waals surface area (Å²) in [6.45, 7) is 2.14. The molecule has 0 bridgehead atoms. The first kappa shape index (κ1) is 37.8. The van der Waals surface area contributed by atoms with Crippen molar-refractivity contribution in [3.05, 3.63) is 248 Å². The lowest BCUT2D eigenvalue weighted by Gasteiger charge is -2.26. The fourth-order valence-corrected chi connectivity index (χ4v) is 8.88. The van der Waals surface area contributed by atoms with Gasteiger partial charge in [-0.15, -0.1) is 0 Å². The number of hydrogen-bond donors (Lipinski definition) is 0. The Morgan fingerprint density at radius 3 is 1.22 bits per heavy atom. The Morgan fingerprint density at radius 2 is 0.667 bits per heavy atom. The van der Waals surface area contributed by atoms with Crippen molar-refractivity contribution in [2.45, 2.75) is 6.92 Å². The van der Waals surface area contributed by atoms with Gasteiger partial charge in [0.2, 0.25) is 0 Å². The fourth-order valence-electron chi connectivity index (χ4n) is 8.88. The average Bonchev–Trinajstić information content (AvgIpc) is 3.71. The number of hydrogen-bond acceptors (Lipinski definition) is 2. The van der Waals surface area contributed by atoms with Crippen LogP contribution in [0.25, 0.3) is 88.7 Å². The maximum Gasteiger partial charge on any atom is 0.138 e. The lowest BCUT2D eigenvalue weighted by Crippen LogP contribution is -2.09. The zero-order chi connectivity index (χ0) is 42.1. The van der Waals surface area contributed by atoms with Gasteiger partial charge in [0.25, 0.3) is 0 Å². The Balaban J connectivity index is 0.896. The van der Waals surface area contributed by atoms with Gasteiger partial charge < -0.3 is 9.32 Å². The van der Waals surface area contributed by atoms with Crippen molar-refractivity contribution in [1.29, 1.82) is 0 Å². The average molecular weight is 806 g/mol. The topological polar surface area (TPSA) is 16.4 Å². The minimum atomic E-state index is 0.919. The van der Waals surface area contributed by atoms with Crippen LogP contribution in [0.15, 0.2) is 247 Å². The molecule has 11 rings (SSSR count). The Bertz CT molecular complexity index is 3360. The molecule has 0 atom stereocenters. The van der Waals surface area contributed by atoms with E-state index in [1.165, 1.54) is 60.8 Å². The standard InChI is InChI=1S/C61H43NO/c1-42-59-19-7-8-20-60(59)63-61(42)55-18-10-17-53(41-55)47-23-21-45(22-24-47)46-27-33-56(34-28-46)62(58-37-31-49(32-38-58)54-26-25-44-13-5-6-14-50(44)40-54)57-35-29-48(30-36-57)52-16-9-15-51(39-52)43-11-3-2-4-12-43/h2-41H,1H3. The van der Waals surface area contributed by atoms with Crippen molar-refractivity contribution >= 4 is 38.8 Å². The van der Waals surface area contributed by atoms with Gasteiger partial charge in [0.1, 0.15) is 11.3 Å². The van der Waals surface area contributed by atoms with E-state index in [4.69, 9.17) is 4.42 Å². The van der Waals surface area contributed by atoms with Crippen molar-refractivity contribution in [2.24, 2.45) is 0 Å². The normalized spacial score (nSPS) is 11.3. The number of para-hydroxylation sites is 1. The number of furan rings is 1. The first-order chi connectivity index (χ1) is 31.1. The summed E-state index contributed by atoms with van der Waals surface area (Å²) in [5.74, 6) is 0.925. The summed E-state index contributed by atoms with van der Waals surface area (Å²) in [5.41, 5.74) is 18.3. The summed E-state index contributed by atoms with van der Waals surface area (Å²) in [6, 6.07) is 87.2. The number of benzene rings is 10. The molecule has 0 unspecified atom stereocenters. The maximum absolute atomic E-state index is 6.31. The number of aryl methyl sites for hydroxylation is 1. The molecule has 0 aliphatic rings. The zero-order valence-electron chi connectivity index (χ0n) is 34.9. The summed E-state index contributed by atoms with van der Waals surface area (Å²) in [5, 5.41) is 3.65. The second-order valence-corrected chi connectivity index (χ2v) is 16.2. The molecule has 2 nitrogen and oxygen atoms in total. The third-order valence-corrected chi connectivity index (χ3v) is 12.3. The monoisotopic (exact) mass is 805 g/mol. The van der Waals surface area contributed by atoms with Crippen LogP contribution in [0.3, 0.4) is 0 Å². The van der Waals surface area contributed by atoms with Gasteiger partial charge in [-0.25, -0.2) is 0 Å². The van der Waals surface area contributed by atoms with Gasteiger partial charge in [0.15, 0.2) is 0 Å².